The topological polar surface area (TPSA) is 18.5 Å². The summed E-state index contributed by atoms with van der Waals surface area (Å²) in [5.74, 6) is 0. The Morgan fingerprint density at radius 2 is 1.84 bits per heavy atom. The van der Waals surface area contributed by atoms with Gasteiger partial charge in [0.1, 0.15) is 0 Å². The van der Waals surface area contributed by atoms with Gasteiger partial charge < -0.3 is 5.32 Å². The van der Waals surface area contributed by atoms with Crippen molar-refractivity contribution in [2.45, 2.75) is 18.9 Å². The second-order valence-corrected chi connectivity index (χ2v) is 5.92. The third-order valence-corrected chi connectivity index (χ3v) is 4.42. The predicted molar refractivity (Wildman–Crippen MR) is 81.0 cm³/mol. The molecule has 1 saturated carbocycles. The molecule has 3 nitrogen and oxygen atoms in total. The molecule has 0 bridgehead atoms. The van der Waals surface area contributed by atoms with Crippen molar-refractivity contribution in [1.29, 1.82) is 0 Å². The molecule has 1 heterocycles. The van der Waals surface area contributed by atoms with Crippen LogP contribution in [0.2, 0.25) is 5.02 Å². The highest BCUT2D eigenvalue weighted by Gasteiger charge is 2.30. The van der Waals surface area contributed by atoms with Crippen LogP contribution in [0, 0.1) is 0 Å². The highest BCUT2D eigenvalue weighted by molar-refractivity contribution is 6.33. The van der Waals surface area contributed by atoms with E-state index in [1.54, 1.807) is 0 Å². The van der Waals surface area contributed by atoms with Gasteiger partial charge in [0.15, 0.2) is 0 Å². The fourth-order valence-electron chi connectivity index (χ4n) is 2.75. The van der Waals surface area contributed by atoms with Gasteiger partial charge in [0.05, 0.1) is 10.7 Å². The third-order valence-electron chi connectivity index (χ3n) is 4.09. The van der Waals surface area contributed by atoms with Gasteiger partial charge in [0.25, 0.3) is 0 Å². The summed E-state index contributed by atoms with van der Waals surface area (Å²) in [6, 6.07) is 8.86. The number of nitrogens with one attached hydrogen (secondary N) is 1. The Labute approximate surface area is 120 Å². The first-order valence-electron chi connectivity index (χ1n) is 7.28. The minimum absolute atomic E-state index is 0.807. The fourth-order valence-corrected chi connectivity index (χ4v) is 2.95. The quantitative estimate of drug-likeness (QED) is 0.894. The standard InChI is InChI=1S/C15H22ClN3/c16-14-3-1-2-4-15(14)17-7-8-18-9-11-19(12-10-18)13-5-6-13/h1-4,13,17H,5-12H2. The van der Waals surface area contributed by atoms with Crippen LogP contribution in [0.15, 0.2) is 24.3 Å². The molecule has 0 radical (unpaired) electrons. The number of nitrogens with zero attached hydrogens (tertiary/aromatic N) is 2. The van der Waals surface area contributed by atoms with Gasteiger partial charge in [-0.3, -0.25) is 9.80 Å². The average molecular weight is 280 g/mol. The van der Waals surface area contributed by atoms with E-state index < -0.39 is 0 Å². The number of hydrogen-bond donors (Lipinski definition) is 1. The van der Waals surface area contributed by atoms with E-state index in [2.05, 4.69) is 15.1 Å². The Balaban J connectivity index is 1.37. The summed E-state index contributed by atoms with van der Waals surface area (Å²) < 4.78 is 0. The van der Waals surface area contributed by atoms with E-state index in [-0.39, 0.29) is 0 Å². The van der Waals surface area contributed by atoms with E-state index in [1.807, 2.05) is 24.3 Å². The predicted octanol–water partition coefficient (Wildman–Crippen LogP) is 2.53. The maximum Gasteiger partial charge on any atom is 0.0637 e. The number of benzene rings is 1. The number of para-hydroxylation sites is 1. The summed E-state index contributed by atoms with van der Waals surface area (Å²) in [7, 11) is 0. The number of hydrogen-bond acceptors (Lipinski definition) is 3. The number of rotatable bonds is 5. The first-order valence-corrected chi connectivity index (χ1v) is 7.65. The molecule has 2 aliphatic rings. The fraction of sp³-hybridized carbons (Fsp3) is 0.600. The zero-order valence-corrected chi connectivity index (χ0v) is 12.1. The maximum absolute atomic E-state index is 6.12. The molecule has 1 N–H and O–H groups in total. The Bertz CT molecular complexity index is 412. The Hall–Kier alpha value is -0.770. The van der Waals surface area contributed by atoms with E-state index in [0.29, 0.717) is 0 Å². The normalized spacial score (nSPS) is 21.5. The van der Waals surface area contributed by atoms with Gasteiger partial charge in [0.2, 0.25) is 0 Å². The van der Waals surface area contributed by atoms with Crippen LogP contribution in [-0.4, -0.2) is 55.1 Å². The first kappa shape index (κ1) is 13.2. The highest BCUT2D eigenvalue weighted by Crippen LogP contribution is 2.27. The summed E-state index contributed by atoms with van der Waals surface area (Å²) in [5.41, 5.74) is 1.04. The van der Waals surface area contributed by atoms with Crippen LogP contribution in [0.1, 0.15) is 12.8 Å². The van der Waals surface area contributed by atoms with Crippen LogP contribution in [-0.2, 0) is 0 Å². The van der Waals surface area contributed by atoms with Gasteiger partial charge in [-0.05, 0) is 25.0 Å². The van der Waals surface area contributed by atoms with E-state index >= 15 is 0 Å². The van der Waals surface area contributed by atoms with Crippen LogP contribution in [0.4, 0.5) is 5.69 Å². The van der Waals surface area contributed by atoms with Gasteiger partial charge in [-0.15, -0.1) is 0 Å². The van der Waals surface area contributed by atoms with Gasteiger partial charge in [-0.25, -0.2) is 0 Å². The highest BCUT2D eigenvalue weighted by atomic mass is 35.5. The molecule has 0 amide bonds. The smallest absolute Gasteiger partial charge is 0.0637 e. The summed E-state index contributed by atoms with van der Waals surface area (Å²) in [6.45, 7) is 6.98. The van der Waals surface area contributed by atoms with E-state index in [1.165, 1.54) is 39.0 Å². The van der Waals surface area contributed by atoms with Crippen LogP contribution >= 0.6 is 11.6 Å². The lowest BCUT2D eigenvalue weighted by atomic mass is 10.3. The van der Waals surface area contributed by atoms with Crippen molar-refractivity contribution in [3.8, 4) is 0 Å². The second kappa shape index (κ2) is 6.12. The van der Waals surface area contributed by atoms with Crippen LogP contribution < -0.4 is 5.32 Å². The van der Waals surface area contributed by atoms with Gasteiger partial charge in [-0.1, -0.05) is 23.7 Å². The Kier molecular flexibility index (Phi) is 4.26. The van der Waals surface area contributed by atoms with E-state index in [9.17, 15) is 0 Å². The molecular formula is C15H22ClN3. The monoisotopic (exact) mass is 279 g/mol. The molecule has 0 spiro atoms. The Morgan fingerprint density at radius 1 is 1.11 bits per heavy atom. The molecule has 1 aromatic carbocycles. The molecule has 0 unspecified atom stereocenters. The molecule has 3 rings (SSSR count). The SMILES string of the molecule is Clc1ccccc1NCCN1CCN(C2CC2)CC1. The molecule has 1 aliphatic carbocycles. The molecule has 19 heavy (non-hydrogen) atoms. The van der Waals surface area contributed by atoms with Crippen LogP contribution in [0.3, 0.4) is 0 Å². The number of piperazine rings is 1. The zero-order chi connectivity index (χ0) is 13.1. The average Bonchev–Trinajstić information content (AvgIpc) is 3.26. The molecule has 0 atom stereocenters. The molecular weight excluding hydrogens is 258 g/mol. The number of anilines is 1. The number of halogens is 1. The van der Waals surface area contributed by atoms with E-state index in [0.717, 1.165) is 29.8 Å². The van der Waals surface area contributed by atoms with Crippen molar-refractivity contribution in [3.63, 3.8) is 0 Å². The lowest BCUT2D eigenvalue weighted by Gasteiger charge is -2.34. The molecule has 1 aromatic rings. The van der Waals surface area contributed by atoms with Gasteiger partial charge in [-0.2, -0.15) is 0 Å². The van der Waals surface area contributed by atoms with Gasteiger partial charge in [0, 0.05) is 45.3 Å². The molecule has 0 aromatic heterocycles. The summed E-state index contributed by atoms with van der Waals surface area (Å²) in [4.78, 5) is 5.20. The molecule has 1 aliphatic heterocycles. The van der Waals surface area contributed by atoms with Crippen molar-refractivity contribution >= 4 is 17.3 Å². The van der Waals surface area contributed by atoms with Crippen molar-refractivity contribution < 1.29 is 0 Å². The Morgan fingerprint density at radius 3 is 2.53 bits per heavy atom. The largest absolute Gasteiger partial charge is 0.383 e. The van der Waals surface area contributed by atoms with Crippen molar-refractivity contribution in [1.82, 2.24) is 9.80 Å². The van der Waals surface area contributed by atoms with Crippen molar-refractivity contribution in [3.05, 3.63) is 29.3 Å². The van der Waals surface area contributed by atoms with Crippen LogP contribution in [0.25, 0.3) is 0 Å². The summed E-state index contributed by atoms with van der Waals surface area (Å²) in [6.07, 6.45) is 2.85. The third kappa shape index (κ3) is 3.62. The molecule has 104 valence electrons. The van der Waals surface area contributed by atoms with Crippen molar-refractivity contribution in [2.75, 3.05) is 44.6 Å². The maximum atomic E-state index is 6.12. The molecule has 4 heteroatoms. The lowest BCUT2D eigenvalue weighted by molar-refractivity contribution is 0.130. The first-order chi connectivity index (χ1) is 9.33. The molecule has 2 fully saturated rings. The summed E-state index contributed by atoms with van der Waals surface area (Å²) >= 11 is 6.12. The second-order valence-electron chi connectivity index (χ2n) is 5.52. The summed E-state index contributed by atoms with van der Waals surface area (Å²) in [5, 5.41) is 4.23. The minimum Gasteiger partial charge on any atom is -0.383 e. The minimum atomic E-state index is 0.807. The van der Waals surface area contributed by atoms with Gasteiger partial charge >= 0.3 is 0 Å². The van der Waals surface area contributed by atoms with E-state index in [4.69, 9.17) is 11.6 Å². The van der Waals surface area contributed by atoms with Crippen molar-refractivity contribution in [2.24, 2.45) is 0 Å². The zero-order valence-electron chi connectivity index (χ0n) is 11.3. The lowest BCUT2D eigenvalue weighted by Crippen LogP contribution is -2.48. The van der Waals surface area contributed by atoms with Crippen LogP contribution in [0.5, 0.6) is 0 Å². The molecule has 1 saturated heterocycles.